The maximum absolute atomic E-state index is 12.5. The molecular formula is C59H111NO5. The quantitative estimate of drug-likeness (QED) is 0.0321. The van der Waals surface area contributed by atoms with Gasteiger partial charge in [0.15, 0.2) is 0 Å². The summed E-state index contributed by atoms with van der Waals surface area (Å²) in [7, 11) is 0. The minimum Gasteiger partial charge on any atom is -0.466 e. The number of ether oxygens (including phenoxy) is 1. The van der Waals surface area contributed by atoms with Crippen molar-refractivity contribution < 1.29 is 24.5 Å². The van der Waals surface area contributed by atoms with Gasteiger partial charge in [0, 0.05) is 12.8 Å². The summed E-state index contributed by atoms with van der Waals surface area (Å²) in [5.74, 6) is -0.0860. The average molecular weight is 915 g/mol. The lowest BCUT2D eigenvalue weighted by molar-refractivity contribution is -0.143. The van der Waals surface area contributed by atoms with E-state index in [4.69, 9.17) is 4.74 Å². The molecule has 3 N–H and O–H groups in total. The number of rotatable bonds is 53. The van der Waals surface area contributed by atoms with Crippen molar-refractivity contribution in [2.45, 2.75) is 315 Å². The molecule has 382 valence electrons. The number of esters is 1. The SMILES string of the molecule is CCCCC/C=C\C/C=C\CCCCCCCC(=O)OCCCCCCCCCCCCCCCCCCC(=O)NC(CO)C(O)/C=C/CCCCCCCCCCCCCCCCC. The predicted molar refractivity (Wildman–Crippen MR) is 283 cm³/mol. The van der Waals surface area contributed by atoms with Crippen LogP contribution in [0.4, 0.5) is 0 Å². The molecule has 0 aromatic heterocycles. The van der Waals surface area contributed by atoms with Crippen LogP contribution in [0.15, 0.2) is 36.5 Å². The van der Waals surface area contributed by atoms with E-state index in [1.807, 2.05) is 6.08 Å². The fourth-order valence-corrected chi connectivity index (χ4v) is 8.72. The number of amides is 1. The predicted octanol–water partition coefficient (Wildman–Crippen LogP) is 17.6. The van der Waals surface area contributed by atoms with Crippen molar-refractivity contribution in [2.24, 2.45) is 0 Å². The van der Waals surface area contributed by atoms with Gasteiger partial charge in [0.25, 0.3) is 0 Å². The summed E-state index contributed by atoms with van der Waals surface area (Å²) in [5.41, 5.74) is 0. The maximum atomic E-state index is 12.5. The minimum absolute atomic E-state index is 0.0119. The molecular weight excluding hydrogens is 803 g/mol. The van der Waals surface area contributed by atoms with Crippen molar-refractivity contribution in [3.63, 3.8) is 0 Å². The molecule has 0 aromatic rings. The van der Waals surface area contributed by atoms with Crippen molar-refractivity contribution in [2.75, 3.05) is 13.2 Å². The van der Waals surface area contributed by atoms with E-state index in [1.165, 1.54) is 218 Å². The molecule has 0 saturated carbocycles. The number of aliphatic hydroxyl groups is 2. The zero-order valence-corrected chi connectivity index (χ0v) is 43.5. The number of unbranched alkanes of at least 4 members (excludes halogenated alkanes) is 38. The second-order valence-electron chi connectivity index (χ2n) is 19.6. The van der Waals surface area contributed by atoms with E-state index in [2.05, 4.69) is 43.5 Å². The van der Waals surface area contributed by atoms with Crippen LogP contribution in [0.3, 0.4) is 0 Å². The summed E-state index contributed by atoms with van der Waals surface area (Å²) in [4.78, 5) is 24.5. The summed E-state index contributed by atoms with van der Waals surface area (Å²) in [6, 6.07) is -0.634. The molecule has 0 saturated heterocycles. The Kier molecular flexibility index (Phi) is 53.1. The van der Waals surface area contributed by atoms with E-state index in [1.54, 1.807) is 6.08 Å². The normalized spacial score (nSPS) is 12.9. The highest BCUT2D eigenvalue weighted by Gasteiger charge is 2.18. The molecule has 0 aliphatic heterocycles. The van der Waals surface area contributed by atoms with Crippen LogP contribution in [-0.4, -0.2) is 47.4 Å². The van der Waals surface area contributed by atoms with Crippen LogP contribution in [0.25, 0.3) is 0 Å². The van der Waals surface area contributed by atoms with Gasteiger partial charge in [-0.1, -0.05) is 262 Å². The molecule has 1 amide bonds. The first kappa shape index (κ1) is 63.1. The smallest absolute Gasteiger partial charge is 0.305 e. The number of allylic oxidation sites excluding steroid dienone is 5. The van der Waals surface area contributed by atoms with Crippen LogP contribution in [0.2, 0.25) is 0 Å². The van der Waals surface area contributed by atoms with E-state index in [9.17, 15) is 19.8 Å². The summed E-state index contributed by atoms with van der Waals surface area (Å²) < 4.78 is 5.47. The van der Waals surface area contributed by atoms with Crippen molar-refractivity contribution in [1.29, 1.82) is 0 Å². The lowest BCUT2D eigenvalue weighted by Gasteiger charge is -2.20. The van der Waals surface area contributed by atoms with Gasteiger partial charge in [-0.05, 0) is 64.2 Å². The first-order valence-electron chi connectivity index (χ1n) is 28.8. The van der Waals surface area contributed by atoms with Gasteiger partial charge in [-0.25, -0.2) is 0 Å². The maximum Gasteiger partial charge on any atom is 0.305 e. The molecule has 2 unspecified atom stereocenters. The topological polar surface area (TPSA) is 95.9 Å². The highest BCUT2D eigenvalue weighted by atomic mass is 16.5. The van der Waals surface area contributed by atoms with Crippen LogP contribution in [0.5, 0.6) is 0 Å². The third kappa shape index (κ3) is 51.3. The number of nitrogens with one attached hydrogen (secondary N) is 1. The molecule has 0 fully saturated rings. The monoisotopic (exact) mass is 914 g/mol. The Bertz CT molecular complexity index is 1060. The van der Waals surface area contributed by atoms with E-state index in [0.29, 0.717) is 19.4 Å². The molecule has 0 radical (unpaired) electrons. The van der Waals surface area contributed by atoms with Gasteiger partial charge in [-0.2, -0.15) is 0 Å². The number of hydrogen-bond acceptors (Lipinski definition) is 5. The molecule has 0 bridgehead atoms. The van der Waals surface area contributed by atoms with Crippen LogP contribution < -0.4 is 5.32 Å². The van der Waals surface area contributed by atoms with Crippen molar-refractivity contribution in [1.82, 2.24) is 5.32 Å². The third-order valence-electron chi connectivity index (χ3n) is 13.2. The largest absolute Gasteiger partial charge is 0.466 e. The van der Waals surface area contributed by atoms with E-state index in [-0.39, 0.29) is 18.5 Å². The van der Waals surface area contributed by atoms with Crippen LogP contribution in [0, 0.1) is 0 Å². The molecule has 0 spiro atoms. The number of carbonyl (C=O) groups excluding carboxylic acids is 2. The Morgan fingerprint density at radius 1 is 0.431 bits per heavy atom. The van der Waals surface area contributed by atoms with Crippen LogP contribution in [-0.2, 0) is 14.3 Å². The van der Waals surface area contributed by atoms with Crippen molar-refractivity contribution >= 4 is 11.9 Å². The second kappa shape index (κ2) is 54.7. The standard InChI is InChI=1S/C59H111NO5/c1-3-5-7-9-11-13-15-17-19-20-24-27-31-35-39-43-47-51-57(62)56(55-61)60-58(63)52-48-44-40-36-32-28-25-21-22-26-30-34-38-42-46-50-54-65-59(64)53-49-45-41-37-33-29-23-18-16-14-12-10-8-6-4-2/h12,14,18,23,47,51,56-57,61-62H,3-11,13,15-17,19-22,24-46,48-50,52-55H2,1-2H3,(H,60,63)/b14-12-,23-18-,51-47+. The van der Waals surface area contributed by atoms with Gasteiger partial charge < -0.3 is 20.3 Å². The number of carbonyl (C=O) groups is 2. The third-order valence-corrected chi connectivity index (χ3v) is 13.2. The Balaban J connectivity index is 3.47. The Morgan fingerprint density at radius 3 is 1.20 bits per heavy atom. The fourth-order valence-electron chi connectivity index (χ4n) is 8.72. The lowest BCUT2D eigenvalue weighted by atomic mass is 10.0. The van der Waals surface area contributed by atoms with Crippen molar-refractivity contribution in [3.05, 3.63) is 36.5 Å². The van der Waals surface area contributed by atoms with E-state index in [0.717, 1.165) is 57.8 Å². The van der Waals surface area contributed by atoms with Crippen molar-refractivity contribution in [3.8, 4) is 0 Å². The van der Waals surface area contributed by atoms with Gasteiger partial charge in [-0.15, -0.1) is 0 Å². The number of hydrogen-bond donors (Lipinski definition) is 3. The molecule has 2 atom stereocenters. The fraction of sp³-hybridized carbons (Fsp3) is 0.864. The lowest BCUT2D eigenvalue weighted by Crippen LogP contribution is -2.45. The zero-order valence-electron chi connectivity index (χ0n) is 43.5. The van der Waals surface area contributed by atoms with Crippen LogP contribution in [0.1, 0.15) is 303 Å². The molecule has 0 aliphatic carbocycles. The zero-order chi connectivity index (χ0) is 47.2. The molecule has 0 aliphatic rings. The molecule has 65 heavy (non-hydrogen) atoms. The highest BCUT2D eigenvalue weighted by Crippen LogP contribution is 2.17. The number of aliphatic hydroxyl groups excluding tert-OH is 2. The molecule has 0 aromatic carbocycles. The van der Waals surface area contributed by atoms with Gasteiger partial charge >= 0.3 is 5.97 Å². The first-order valence-corrected chi connectivity index (χ1v) is 28.8. The molecule has 0 heterocycles. The average Bonchev–Trinajstić information content (AvgIpc) is 3.31. The molecule has 0 rings (SSSR count). The second-order valence-corrected chi connectivity index (χ2v) is 19.6. The first-order chi connectivity index (χ1) is 32.0. The Labute approximate surface area is 404 Å². The van der Waals surface area contributed by atoms with Gasteiger partial charge in [-0.3, -0.25) is 9.59 Å². The summed E-state index contributed by atoms with van der Waals surface area (Å²) in [5, 5.41) is 23.1. The summed E-state index contributed by atoms with van der Waals surface area (Å²) >= 11 is 0. The van der Waals surface area contributed by atoms with Crippen LogP contribution >= 0.6 is 0 Å². The summed E-state index contributed by atoms with van der Waals surface area (Å²) in [6.07, 6.45) is 67.3. The van der Waals surface area contributed by atoms with Gasteiger partial charge in [0.1, 0.15) is 0 Å². The minimum atomic E-state index is -0.850. The van der Waals surface area contributed by atoms with E-state index >= 15 is 0 Å². The Hall–Kier alpha value is -1.92. The highest BCUT2D eigenvalue weighted by molar-refractivity contribution is 5.76. The summed E-state index contributed by atoms with van der Waals surface area (Å²) in [6.45, 7) is 4.87. The molecule has 6 nitrogen and oxygen atoms in total. The van der Waals surface area contributed by atoms with Gasteiger partial charge in [0.2, 0.25) is 5.91 Å². The van der Waals surface area contributed by atoms with E-state index < -0.39 is 12.1 Å². The Morgan fingerprint density at radius 2 is 0.769 bits per heavy atom. The van der Waals surface area contributed by atoms with Gasteiger partial charge in [0.05, 0.1) is 25.4 Å². The molecule has 6 heteroatoms.